The molecule has 2 aromatic heterocycles. The zero-order valence-corrected chi connectivity index (χ0v) is 13.3. The molecule has 3 nitrogen and oxygen atoms in total. The van der Waals surface area contributed by atoms with Gasteiger partial charge in [0.25, 0.3) is 0 Å². The summed E-state index contributed by atoms with van der Waals surface area (Å²) in [7, 11) is 1.80. The standard InChI is InChI=1S/C14H11BrFN3S/c1-7-5-10-12(17-2)18-13(19-14(10)20-7)9-6-8(15)3-4-11(9)16/h3-6H,1-2H3,(H,17,18,19). The van der Waals surface area contributed by atoms with Crippen molar-refractivity contribution < 1.29 is 4.39 Å². The molecule has 1 aromatic carbocycles. The molecule has 0 radical (unpaired) electrons. The maximum Gasteiger partial charge on any atom is 0.166 e. The molecule has 0 saturated carbocycles. The molecule has 0 spiro atoms. The van der Waals surface area contributed by atoms with E-state index in [0.717, 1.165) is 19.6 Å². The summed E-state index contributed by atoms with van der Waals surface area (Å²) in [6, 6.07) is 6.79. The molecule has 0 aliphatic heterocycles. The lowest BCUT2D eigenvalue weighted by molar-refractivity contribution is 0.630. The van der Waals surface area contributed by atoms with Crippen molar-refractivity contribution in [3.63, 3.8) is 0 Å². The molecule has 0 atom stereocenters. The maximum absolute atomic E-state index is 14.0. The number of benzene rings is 1. The van der Waals surface area contributed by atoms with Gasteiger partial charge >= 0.3 is 0 Å². The molecule has 3 aromatic rings. The minimum Gasteiger partial charge on any atom is -0.372 e. The number of hydrogen-bond acceptors (Lipinski definition) is 4. The highest BCUT2D eigenvalue weighted by atomic mass is 79.9. The number of fused-ring (bicyclic) bond motifs is 1. The summed E-state index contributed by atoms with van der Waals surface area (Å²) in [5.41, 5.74) is 0.392. The molecule has 20 heavy (non-hydrogen) atoms. The van der Waals surface area contributed by atoms with Crippen molar-refractivity contribution in [3.8, 4) is 11.4 Å². The summed E-state index contributed by atoms with van der Waals surface area (Å²) >= 11 is 4.92. The van der Waals surface area contributed by atoms with Crippen molar-refractivity contribution >= 4 is 43.3 Å². The summed E-state index contributed by atoms with van der Waals surface area (Å²) in [5.74, 6) is 0.777. The van der Waals surface area contributed by atoms with E-state index in [1.165, 1.54) is 6.07 Å². The average Bonchev–Trinajstić information content (AvgIpc) is 2.80. The van der Waals surface area contributed by atoms with Gasteiger partial charge in [-0.2, -0.15) is 0 Å². The maximum atomic E-state index is 14.0. The van der Waals surface area contributed by atoms with Crippen LogP contribution in [0.25, 0.3) is 21.6 Å². The molecule has 0 unspecified atom stereocenters. The monoisotopic (exact) mass is 351 g/mol. The first-order valence-electron chi connectivity index (χ1n) is 6.00. The second kappa shape index (κ2) is 5.10. The summed E-state index contributed by atoms with van der Waals surface area (Å²) in [6.45, 7) is 2.02. The molecule has 0 fully saturated rings. The molecule has 6 heteroatoms. The van der Waals surface area contributed by atoms with Crippen LogP contribution in [0.15, 0.2) is 28.7 Å². The van der Waals surface area contributed by atoms with Crippen LogP contribution in [0.5, 0.6) is 0 Å². The van der Waals surface area contributed by atoms with E-state index in [-0.39, 0.29) is 5.82 Å². The second-order valence-corrected chi connectivity index (χ2v) is 6.50. The van der Waals surface area contributed by atoms with Crippen molar-refractivity contribution in [1.29, 1.82) is 0 Å². The fourth-order valence-electron chi connectivity index (χ4n) is 2.02. The molecule has 3 rings (SSSR count). The number of halogens is 2. The lowest BCUT2D eigenvalue weighted by Crippen LogP contribution is -1.98. The molecule has 0 amide bonds. The SMILES string of the molecule is CNc1nc(-c2cc(Br)ccc2F)nc2sc(C)cc12. The predicted octanol–water partition coefficient (Wildman–Crippen LogP) is 4.61. The fraction of sp³-hybridized carbons (Fsp3) is 0.143. The number of aryl methyl sites for hydroxylation is 1. The molecular formula is C14H11BrFN3S. The van der Waals surface area contributed by atoms with Crippen LogP contribution in [0, 0.1) is 12.7 Å². The van der Waals surface area contributed by atoms with E-state index >= 15 is 0 Å². The van der Waals surface area contributed by atoms with Gasteiger partial charge in [-0.1, -0.05) is 15.9 Å². The third-order valence-corrected chi connectivity index (χ3v) is 4.36. The number of hydrogen-bond donors (Lipinski definition) is 1. The van der Waals surface area contributed by atoms with Crippen molar-refractivity contribution in [2.75, 3.05) is 12.4 Å². The van der Waals surface area contributed by atoms with Crippen LogP contribution < -0.4 is 5.32 Å². The Kier molecular flexibility index (Phi) is 3.43. The van der Waals surface area contributed by atoms with Gasteiger partial charge in [-0.25, -0.2) is 14.4 Å². The molecule has 0 aliphatic rings. The lowest BCUT2D eigenvalue weighted by Gasteiger charge is -2.06. The normalized spacial score (nSPS) is 11.0. The highest BCUT2D eigenvalue weighted by Crippen LogP contribution is 2.32. The Bertz CT molecular complexity index is 800. The van der Waals surface area contributed by atoms with Crippen LogP contribution in [0.2, 0.25) is 0 Å². The summed E-state index contributed by atoms with van der Waals surface area (Å²) in [5, 5.41) is 4.02. The van der Waals surface area contributed by atoms with Gasteiger partial charge in [0.05, 0.1) is 10.9 Å². The van der Waals surface area contributed by atoms with E-state index in [1.807, 2.05) is 13.0 Å². The first kappa shape index (κ1) is 13.5. The zero-order valence-electron chi connectivity index (χ0n) is 10.9. The third-order valence-electron chi connectivity index (χ3n) is 2.92. The van der Waals surface area contributed by atoms with Crippen LogP contribution in [0.3, 0.4) is 0 Å². The smallest absolute Gasteiger partial charge is 0.166 e. The molecule has 0 saturated heterocycles. The van der Waals surface area contributed by atoms with Gasteiger partial charge in [-0.3, -0.25) is 0 Å². The van der Waals surface area contributed by atoms with Crippen molar-refractivity contribution in [2.45, 2.75) is 6.92 Å². The van der Waals surface area contributed by atoms with E-state index in [2.05, 4.69) is 31.2 Å². The summed E-state index contributed by atoms with van der Waals surface area (Å²) < 4.78 is 14.8. The van der Waals surface area contributed by atoms with E-state index in [9.17, 15) is 4.39 Å². The summed E-state index contributed by atoms with van der Waals surface area (Å²) in [6.07, 6.45) is 0. The van der Waals surface area contributed by atoms with Crippen molar-refractivity contribution in [2.24, 2.45) is 0 Å². The molecule has 102 valence electrons. The Morgan fingerprint density at radius 1 is 1.25 bits per heavy atom. The van der Waals surface area contributed by atoms with Gasteiger partial charge in [0.1, 0.15) is 16.5 Å². The van der Waals surface area contributed by atoms with Crippen LogP contribution in [-0.4, -0.2) is 17.0 Å². The number of nitrogens with zero attached hydrogens (tertiary/aromatic N) is 2. The second-order valence-electron chi connectivity index (χ2n) is 4.35. The number of rotatable bonds is 2. The largest absolute Gasteiger partial charge is 0.372 e. The average molecular weight is 352 g/mol. The first-order chi connectivity index (χ1) is 9.58. The fourth-order valence-corrected chi connectivity index (χ4v) is 3.26. The van der Waals surface area contributed by atoms with Crippen LogP contribution >= 0.6 is 27.3 Å². The van der Waals surface area contributed by atoms with Gasteiger partial charge < -0.3 is 5.32 Å². The Morgan fingerprint density at radius 2 is 2.05 bits per heavy atom. The zero-order chi connectivity index (χ0) is 14.3. The number of nitrogens with one attached hydrogen (secondary N) is 1. The van der Waals surface area contributed by atoms with E-state index in [1.54, 1.807) is 30.5 Å². The quantitative estimate of drug-likeness (QED) is 0.732. The van der Waals surface area contributed by atoms with Gasteiger partial charge in [0.15, 0.2) is 5.82 Å². The van der Waals surface area contributed by atoms with E-state index in [0.29, 0.717) is 17.2 Å². The number of thiophene rings is 1. The Labute approximate surface area is 128 Å². The minimum atomic E-state index is -0.331. The van der Waals surface area contributed by atoms with Crippen LogP contribution in [0.4, 0.5) is 10.2 Å². The predicted molar refractivity (Wildman–Crippen MR) is 84.8 cm³/mol. The van der Waals surface area contributed by atoms with E-state index in [4.69, 9.17) is 0 Å². The Balaban J connectivity index is 2.28. The Hall–Kier alpha value is -1.53. The van der Waals surface area contributed by atoms with Gasteiger partial charge in [0.2, 0.25) is 0 Å². The van der Waals surface area contributed by atoms with Crippen molar-refractivity contribution in [3.05, 3.63) is 39.4 Å². The van der Waals surface area contributed by atoms with Crippen molar-refractivity contribution in [1.82, 2.24) is 9.97 Å². The number of anilines is 1. The van der Waals surface area contributed by atoms with Crippen LogP contribution in [0.1, 0.15) is 4.88 Å². The summed E-state index contributed by atoms with van der Waals surface area (Å²) in [4.78, 5) is 10.9. The van der Waals surface area contributed by atoms with Crippen LogP contribution in [-0.2, 0) is 0 Å². The van der Waals surface area contributed by atoms with Gasteiger partial charge in [0, 0.05) is 16.4 Å². The molecule has 2 heterocycles. The van der Waals surface area contributed by atoms with E-state index < -0.39 is 0 Å². The minimum absolute atomic E-state index is 0.331. The molecule has 1 N–H and O–H groups in total. The molecule has 0 aliphatic carbocycles. The van der Waals surface area contributed by atoms with Gasteiger partial charge in [-0.15, -0.1) is 11.3 Å². The lowest BCUT2D eigenvalue weighted by atomic mass is 10.2. The topological polar surface area (TPSA) is 37.8 Å². The van der Waals surface area contributed by atoms with Gasteiger partial charge in [-0.05, 0) is 31.2 Å². The number of aromatic nitrogens is 2. The Morgan fingerprint density at radius 3 is 2.80 bits per heavy atom. The first-order valence-corrected chi connectivity index (χ1v) is 7.61. The molecule has 0 bridgehead atoms. The highest BCUT2D eigenvalue weighted by Gasteiger charge is 2.14. The molecular weight excluding hydrogens is 341 g/mol. The third kappa shape index (κ3) is 2.29. The highest BCUT2D eigenvalue weighted by molar-refractivity contribution is 9.10.